The maximum atomic E-state index is 13.4. The minimum absolute atomic E-state index is 0.00231. The van der Waals surface area contributed by atoms with Crippen molar-refractivity contribution < 1.29 is 9.53 Å². The first-order valence-electron chi connectivity index (χ1n) is 13.0. The van der Waals surface area contributed by atoms with Gasteiger partial charge in [-0.25, -0.2) is 0 Å². The Kier molecular flexibility index (Phi) is 8.57. The van der Waals surface area contributed by atoms with Crippen molar-refractivity contribution in [2.45, 2.75) is 51.2 Å². The number of carbonyl (C=O) groups excluding carboxylic acids is 1. The molecule has 0 radical (unpaired) electrons. The molecule has 3 aromatic carbocycles. The number of nitriles is 1. The predicted molar refractivity (Wildman–Crippen MR) is 143 cm³/mol. The van der Waals surface area contributed by atoms with E-state index in [1.165, 1.54) is 0 Å². The van der Waals surface area contributed by atoms with Gasteiger partial charge in [0.05, 0.1) is 18.7 Å². The lowest BCUT2D eigenvalue weighted by molar-refractivity contribution is -0.134. The molecule has 0 saturated carbocycles. The molecule has 0 aliphatic carbocycles. The topological polar surface area (TPSA) is 53.3 Å². The molecule has 36 heavy (non-hydrogen) atoms. The first kappa shape index (κ1) is 25.7. The number of rotatable bonds is 11. The molecule has 1 saturated heterocycles. The second-order valence-electron chi connectivity index (χ2n) is 10.1. The average molecular weight is 481 g/mol. The molecule has 0 aromatic heterocycles. The van der Waals surface area contributed by atoms with E-state index < -0.39 is 5.60 Å². The van der Waals surface area contributed by atoms with E-state index in [9.17, 15) is 4.79 Å². The van der Waals surface area contributed by atoms with E-state index in [0.717, 1.165) is 42.5 Å². The Bertz CT molecular complexity index is 1040. The molecule has 4 heteroatoms. The van der Waals surface area contributed by atoms with Crippen molar-refractivity contribution >= 4 is 5.91 Å². The zero-order chi connectivity index (χ0) is 25.4. The van der Waals surface area contributed by atoms with Crippen molar-refractivity contribution in [3.8, 4) is 6.07 Å². The van der Waals surface area contributed by atoms with Gasteiger partial charge in [0.15, 0.2) is 0 Å². The van der Waals surface area contributed by atoms with E-state index in [1.54, 1.807) is 0 Å². The summed E-state index contributed by atoms with van der Waals surface area (Å²) in [6.45, 7) is 5.45. The van der Waals surface area contributed by atoms with Crippen LogP contribution in [0.3, 0.4) is 0 Å². The maximum Gasteiger partial charge on any atom is 0.226 e. The van der Waals surface area contributed by atoms with Crippen molar-refractivity contribution in [1.29, 1.82) is 5.26 Å². The molecule has 1 fully saturated rings. The molecule has 4 nitrogen and oxygen atoms in total. The Morgan fingerprint density at radius 2 is 1.42 bits per heavy atom. The standard InChI is InChI=1S/C32H36N2O2/c1-25(2)23-34-30(22-26(31(34)35)14-12-13-21-33)24-36-32(27-15-6-3-7-16-27,28-17-8-4-9-18-28)29-19-10-5-11-20-29/h3-11,15-20,25-26,30H,12-14,22-24H2,1-2H3/t26-,30+/m1/s1. The lowest BCUT2D eigenvalue weighted by Crippen LogP contribution is -2.42. The van der Waals surface area contributed by atoms with Crippen LogP contribution in [0, 0.1) is 23.2 Å². The van der Waals surface area contributed by atoms with Gasteiger partial charge < -0.3 is 9.64 Å². The number of amides is 1. The van der Waals surface area contributed by atoms with Crippen LogP contribution in [0.1, 0.15) is 56.2 Å². The van der Waals surface area contributed by atoms with Crippen LogP contribution in [-0.2, 0) is 15.1 Å². The maximum absolute atomic E-state index is 13.4. The summed E-state index contributed by atoms with van der Waals surface area (Å²) >= 11 is 0. The van der Waals surface area contributed by atoms with Gasteiger partial charge in [0.2, 0.25) is 5.91 Å². The molecule has 4 rings (SSSR count). The number of ether oxygens (including phenoxy) is 1. The summed E-state index contributed by atoms with van der Waals surface area (Å²) in [5.74, 6) is 0.543. The molecule has 3 aromatic rings. The summed E-state index contributed by atoms with van der Waals surface area (Å²) in [5, 5.41) is 8.96. The van der Waals surface area contributed by atoms with E-state index in [2.05, 4.69) is 92.7 Å². The third-order valence-electron chi connectivity index (χ3n) is 7.07. The highest BCUT2D eigenvalue weighted by Gasteiger charge is 2.43. The number of hydrogen-bond donors (Lipinski definition) is 0. The van der Waals surface area contributed by atoms with Crippen LogP contribution in [0.5, 0.6) is 0 Å². The minimum Gasteiger partial charge on any atom is -0.359 e. The lowest BCUT2D eigenvalue weighted by atomic mass is 9.80. The lowest BCUT2D eigenvalue weighted by Gasteiger charge is -2.38. The fourth-order valence-electron chi connectivity index (χ4n) is 5.42. The van der Waals surface area contributed by atoms with Gasteiger partial charge in [-0.2, -0.15) is 5.26 Å². The van der Waals surface area contributed by atoms with E-state index >= 15 is 0 Å². The first-order valence-corrected chi connectivity index (χ1v) is 13.0. The van der Waals surface area contributed by atoms with Gasteiger partial charge in [0, 0.05) is 18.9 Å². The molecule has 0 spiro atoms. The van der Waals surface area contributed by atoms with Crippen LogP contribution in [0.4, 0.5) is 0 Å². The van der Waals surface area contributed by atoms with Crippen LogP contribution in [0.2, 0.25) is 0 Å². The number of carbonyl (C=O) groups is 1. The van der Waals surface area contributed by atoms with Gasteiger partial charge in [-0.05, 0) is 41.9 Å². The third-order valence-corrected chi connectivity index (χ3v) is 7.07. The van der Waals surface area contributed by atoms with Crippen LogP contribution >= 0.6 is 0 Å². The largest absolute Gasteiger partial charge is 0.359 e. The minimum atomic E-state index is -0.796. The first-order chi connectivity index (χ1) is 17.6. The molecule has 1 amide bonds. The van der Waals surface area contributed by atoms with Crippen molar-refractivity contribution in [2.75, 3.05) is 13.2 Å². The summed E-state index contributed by atoms with van der Waals surface area (Å²) in [6, 6.07) is 33.3. The van der Waals surface area contributed by atoms with Crippen LogP contribution < -0.4 is 0 Å². The summed E-state index contributed by atoms with van der Waals surface area (Å²) in [5.41, 5.74) is 2.39. The number of likely N-dealkylation sites (tertiary alicyclic amines) is 1. The SMILES string of the molecule is CC(C)CN1C(=O)[C@H](CCCC#N)C[C@H]1COC(c1ccccc1)(c1ccccc1)c1ccccc1. The number of unbranched alkanes of at least 4 members (excludes halogenated alkanes) is 1. The average Bonchev–Trinajstić information content (AvgIpc) is 3.20. The van der Waals surface area contributed by atoms with Crippen molar-refractivity contribution in [3.05, 3.63) is 108 Å². The van der Waals surface area contributed by atoms with Gasteiger partial charge in [-0.3, -0.25) is 4.79 Å². The Hall–Kier alpha value is -3.42. The van der Waals surface area contributed by atoms with Crippen LogP contribution in [0.25, 0.3) is 0 Å². The highest BCUT2D eigenvalue weighted by atomic mass is 16.5. The summed E-state index contributed by atoms with van der Waals surface area (Å²) in [6.07, 6.45) is 2.79. The second kappa shape index (κ2) is 12.0. The fraction of sp³-hybridized carbons (Fsp3) is 0.375. The summed E-state index contributed by atoms with van der Waals surface area (Å²) in [7, 11) is 0. The summed E-state index contributed by atoms with van der Waals surface area (Å²) in [4.78, 5) is 15.4. The molecule has 0 unspecified atom stereocenters. The smallest absolute Gasteiger partial charge is 0.226 e. The zero-order valence-corrected chi connectivity index (χ0v) is 21.3. The normalized spacial score (nSPS) is 17.9. The molecule has 1 heterocycles. The molecule has 0 N–H and O–H groups in total. The Morgan fingerprint density at radius 1 is 0.917 bits per heavy atom. The molecule has 1 aliphatic rings. The number of nitrogens with zero attached hydrogens (tertiary/aromatic N) is 2. The highest BCUT2D eigenvalue weighted by Crippen LogP contribution is 2.41. The molecular weight excluding hydrogens is 444 g/mol. The van der Waals surface area contributed by atoms with E-state index in [4.69, 9.17) is 10.00 Å². The Labute approximate surface area is 215 Å². The van der Waals surface area contributed by atoms with E-state index in [-0.39, 0.29) is 17.9 Å². The fourth-order valence-corrected chi connectivity index (χ4v) is 5.42. The zero-order valence-electron chi connectivity index (χ0n) is 21.3. The van der Waals surface area contributed by atoms with Gasteiger partial charge in [-0.1, -0.05) is 105 Å². The Balaban J connectivity index is 1.71. The molecule has 186 valence electrons. The van der Waals surface area contributed by atoms with Crippen LogP contribution in [-0.4, -0.2) is 30.0 Å². The van der Waals surface area contributed by atoms with Gasteiger partial charge in [-0.15, -0.1) is 0 Å². The van der Waals surface area contributed by atoms with Crippen LogP contribution in [0.15, 0.2) is 91.0 Å². The predicted octanol–water partition coefficient (Wildman–Crippen LogP) is 6.56. The quantitative estimate of drug-likeness (QED) is 0.231. The van der Waals surface area contributed by atoms with Crippen molar-refractivity contribution in [3.63, 3.8) is 0 Å². The van der Waals surface area contributed by atoms with Gasteiger partial charge in [0.1, 0.15) is 5.60 Å². The number of benzene rings is 3. The molecule has 2 atom stereocenters. The third kappa shape index (κ3) is 5.53. The van der Waals surface area contributed by atoms with Gasteiger partial charge >= 0.3 is 0 Å². The van der Waals surface area contributed by atoms with Crippen molar-refractivity contribution in [1.82, 2.24) is 4.90 Å². The molecular formula is C32H36N2O2. The summed E-state index contributed by atoms with van der Waals surface area (Å²) < 4.78 is 7.06. The van der Waals surface area contributed by atoms with Crippen molar-refractivity contribution in [2.24, 2.45) is 11.8 Å². The monoisotopic (exact) mass is 480 g/mol. The van der Waals surface area contributed by atoms with E-state index in [1.807, 2.05) is 23.1 Å². The molecule has 0 bridgehead atoms. The second-order valence-corrected chi connectivity index (χ2v) is 10.1. The highest BCUT2D eigenvalue weighted by molar-refractivity contribution is 5.81. The molecule has 1 aliphatic heterocycles. The van der Waals surface area contributed by atoms with Gasteiger partial charge in [0.25, 0.3) is 0 Å². The Morgan fingerprint density at radius 3 is 1.86 bits per heavy atom. The number of hydrogen-bond acceptors (Lipinski definition) is 3. The van der Waals surface area contributed by atoms with E-state index in [0.29, 0.717) is 18.9 Å².